The van der Waals surface area contributed by atoms with Crippen LogP contribution in [0.2, 0.25) is 15.2 Å². The van der Waals surface area contributed by atoms with Crippen molar-refractivity contribution in [3.8, 4) is 11.5 Å². The zero-order valence-corrected chi connectivity index (χ0v) is 11.4. The zero-order chi connectivity index (χ0) is 11.7. The van der Waals surface area contributed by atoms with E-state index in [9.17, 15) is 0 Å². The van der Waals surface area contributed by atoms with Crippen LogP contribution in [0.1, 0.15) is 0 Å². The van der Waals surface area contributed by atoms with Crippen LogP contribution in [-0.4, -0.2) is 15.0 Å². The molecule has 2 rings (SSSR count). The van der Waals surface area contributed by atoms with Gasteiger partial charge in [-0.1, -0.05) is 34.8 Å². The third-order valence-electron chi connectivity index (χ3n) is 1.72. The lowest BCUT2D eigenvalue weighted by Gasteiger charge is -2.03. The Bertz CT molecular complexity index is 548. The molecule has 0 aromatic carbocycles. The number of halogens is 4. The van der Waals surface area contributed by atoms with Crippen LogP contribution >= 0.6 is 50.7 Å². The molecule has 0 aliphatic carbocycles. The second kappa shape index (κ2) is 4.84. The van der Waals surface area contributed by atoms with Gasteiger partial charge in [-0.05, 0) is 22.0 Å². The number of hydrogen-bond donors (Lipinski definition) is 0. The van der Waals surface area contributed by atoms with Gasteiger partial charge in [0.25, 0.3) is 0 Å². The summed E-state index contributed by atoms with van der Waals surface area (Å²) in [5, 5.41) is 1.14. The monoisotopic (exact) mass is 337 g/mol. The molecule has 0 bridgehead atoms. The Hall–Kier alpha value is -0.420. The Balaban J connectivity index is 2.54. The van der Waals surface area contributed by atoms with Crippen LogP contribution in [0.5, 0.6) is 0 Å². The quantitative estimate of drug-likeness (QED) is 0.729. The van der Waals surface area contributed by atoms with E-state index >= 15 is 0 Å². The molecule has 0 atom stereocenters. The van der Waals surface area contributed by atoms with E-state index in [1.807, 2.05) is 0 Å². The molecule has 0 N–H and O–H groups in total. The number of nitrogens with zero attached hydrogens (tertiary/aromatic N) is 3. The zero-order valence-electron chi connectivity index (χ0n) is 7.59. The van der Waals surface area contributed by atoms with E-state index in [4.69, 9.17) is 34.8 Å². The summed E-state index contributed by atoms with van der Waals surface area (Å²) in [6.07, 6.45) is 3.01. The smallest absolute Gasteiger partial charge is 0.181 e. The molecule has 0 spiro atoms. The second-order valence-corrected chi connectivity index (χ2v) is 4.87. The highest BCUT2D eigenvalue weighted by Gasteiger charge is 2.10. The summed E-state index contributed by atoms with van der Waals surface area (Å²) in [5.41, 5.74) is 0.445. The van der Waals surface area contributed by atoms with Crippen LogP contribution in [0.25, 0.3) is 11.5 Å². The van der Waals surface area contributed by atoms with Crippen LogP contribution < -0.4 is 0 Å². The number of pyridine rings is 1. The standard InChI is InChI=1S/C9H3BrCl3N3/c10-5-3-15-9(16-8(5)13)7-6(12)1-4(11)2-14-7/h1-3H. The van der Waals surface area contributed by atoms with Gasteiger partial charge in [-0.2, -0.15) is 0 Å². The average molecular weight is 339 g/mol. The first-order valence-corrected chi connectivity index (χ1v) is 6.00. The first-order chi connectivity index (χ1) is 7.58. The van der Waals surface area contributed by atoms with Crippen molar-refractivity contribution in [1.29, 1.82) is 0 Å². The maximum Gasteiger partial charge on any atom is 0.181 e. The lowest BCUT2D eigenvalue weighted by Crippen LogP contribution is -1.93. The van der Waals surface area contributed by atoms with Gasteiger partial charge in [0.1, 0.15) is 10.8 Å². The van der Waals surface area contributed by atoms with E-state index in [1.54, 1.807) is 6.07 Å². The van der Waals surface area contributed by atoms with Gasteiger partial charge >= 0.3 is 0 Å². The average Bonchev–Trinajstić information content (AvgIpc) is 2.22. The molecule has 0 saturated carbocycles. The first kappa shape index (κ1) is 12.0. The largest absolute Gasteiger partial charge is 0.250 e. The van der Waals surface area contributed by atoms with E-state index < -0.39 is 0 Å². The van der Waals surface area contributed by atoms with Gasteiger partial charge in [0.2, 0.25) is 0 Å². The van der Waals surface area contributed by atoms with Crippen LogP contribution in [0, 0.1) is 0 Å². The topological polar surface area (TPSA) is 38.7 Å². The van der Waals surface area contributed by atoms with Gasteiger partial charge in [-0.3, -0.25) is 0 Å². The summed E-state index contributed by atoms with van der Waals surface area (Å²) in [7, 11) is 0. The minimum absolute atomic E-state index is 0.304. The molecule has 16 heavy (non-hydrogen) atoms. The molecular formula is C9H3BrCl3N3. The van der Waals surface area contributed by atoms with E-state index in [1.165, 1.54) is 12.4 Å². The van der Waals surface area contributed by atoms with Gasteiger partial charge in [-0.15, -0.1) is 0 Å². The van der Waals surface area contributed by atoms with E-state index in [0.29, 0.717) is 31.2 Å². The molecule has 7 heteroatoms. The number of rotatable bonds is 1. The highest BCUT2D eigenvalue weighted by molar-refractivity contribution is 9.10. The predicted molar refractivity (Wildman–Crippen MR) is 68.0 cm³/mol. The Morgan fingerprint density at radius 3 is 2.44 bits per heavy atom. The maximum absolute atomic E-state index is 5.97. The van der Waals surface area contributed by atoms with E-state index in [2.05, 4.69) is 30.9 Å². The molecule has 0 fully saturated rings. The van der Waals surface area contributed by atoms with Crippen LogP contribution in [0.3, 0.4) is 0 Å². The highest BCUT2D eigenvalue weighted by Crippen LogP contribution is 2.27. The molecule has 3 nitrogen and oxygen atoms in total. The van der Waals surface area contributed by atoms with Crippen molar-refractivity contribution in [3.63, 3.8) is 0 Å². The van der Waals surface area contributed by atoms with Crippen molar-refractivity contribution in [3.05, 3.63) is 38.1 Å². The highest BCUT2D eigenvalue weighted by atomic mass is 79.9. The lowest BCUT2D eigenvalue weighted by atomic mass is 10.3. The molecule has 0 aliphatic rings. The summed E-state index contributed by atoms with van der Waals surface area (Å²) in [6.45, 7) is 0. The first-order valence-electron chi connectivity index (χ1n) is 4.07. The third kappa shape index (κ3) is 2.46. The molecule has 2 aromatic heterocycles. The Morgan fingerprint density at radius 1 is 1.06 bits per heavy atom. The molecule has 0 unspecified atom stereocenters. The van der Waals surface area contributed by atoms with Gasteiger partial charge in [0.15, 0.2) is 5.82 Å². The fourth-order valence-electron chi connectivity index (χ4n) is 1.04. The van der Waals surface area contributed by atoms with Crippen molar-refractivity contribution < 1.29 is 0 Å². The Labute approximate surface area is 115 Å². The van der Waals surface area contributed by atoms with Crippen LogP contribution in [0.4, 0.5) is 0 Å². The molecule has 2 heterocycles. The van der Waals surface area contributed by atoms with Gasteiger partial charge < -0.3 is 0 Å². The molecule has 0 aliphatic heterocycles. The van der Waals surface area contributed by atoms with Crippen LogP contribution in [-0.2, 0) is 0 Å². The summed E-state index contributed by atoms with van der Waals surface area (Å²) >= 11 is 20.8. The van der Waals surface area contributed by atoms with Gasteiger partial charge in [-0.25, -0.2) is 15.0 Å². The Morgan fingerprint density at radius 2 is 1.81 bits per heavy atom. The molecule has 0 radical (unpaired) electrons. The normalized spacial score (nSPS) is 10.5. The van der Waals surface area contributed by atoms with Crippen molar-refractivity contribution >= 4 is 50.7 Å². The molecule has 0 amide bonds. The van der Waals surface area contributed by atoms with Crippen LogP contribution in [0.15, 0.2) is 22.9 Å². The van der Waals surface area contributed by atoms with E-state index in [0.717, 1.165) is 0 Å². The third-order valence-corrected chi connectivity index (χ3v) is 3.31. The fourth-order valence-corrected chi connectivity index (χ4v) is 1.82. The number of aromatic nitrogens is 3. The summed E-state index contributed by atoms with van der Waals surface area (Å²) < 4.78 is 0.614. The van der Waals surface area contributed by atoms with E-state index in [-0.39, 0.29) is 0 Å². The summed E-state index contributed by atoms with van der Waals surface area (Å²) in [6, 6.07) is 1.57. The molecule has 82 valence electrons. The van der Waals surface area contributed by atoms with Crippen molar-refractivity contribution in [2.45, 2.75) is 0 Å². The lowest BCUT2D eigenvalue weighted by molar-refractivity contribution is 1.13. The molecular weight excluding hydrogens is 336 g/mol. The molecule has 2 aromatic rings. The van der Waals surface area contributed by atoms with Gasteiger partial charge in [0, 0.05) is 12.4 Å². The minimum atomic E-state index is 0.304. The van der Waals surface area contributed by atoms with Crippen molar-refractivity contribution in [1.82, 2.24) is 15.0 Å². The Kier molecular flexibility index (Phi) is 3.64. The molecule has 0 saturated heterocycles. The predicted octanol–water partition coefficient (Wildman–Crippen LogP) is 4.26. The second-order valence-electron chi connectivity index (χ2n) is 2.82. The van der Waals surface area contributed by atoms with Crippen molar-refractivity contribution in [2.75, 3.05) is 0 Å². The fraction of sp³-hybridized carbons (Fsp3) is 0. The van der Waals surface area contributed by atoms with Crippen molar-refractivity contribution in [2.24, 2.45) is 0 Å². The SMILES string of the molecule is Clc1cnc(-c2ncc(Br)c(Cl)n2)c(Cl)c1. The summed E-state index contributed by atoms with van der Waals surface area (Å²) in [5.74, 6) is 0.356. The minimum Gasteiger partial charge on any atom is -0.250 e. The number of hydrogen-bond acceptors (Lipinski definition) is 3. The maximum atomic E-state index is 5.97. The van der Waals surface area contributed by atoms with Gasteiger partial charge in [0.05, 0.1) is 14.5 Å². The summed E-state index contributed by atoms with van der Waals surface area (Å²) in [4.78, 5) is 12.2.